The van der Waals surface area contributed by atoms with E-state index in [4.69, 9.17) is 4.43 Å². The molecule has 3 nitrogen and oxygen atoms in total. The molecule has 0 saturated heterocycles. The smallest absolute Gasteiger partial charge is 0.222 e. The number of hydrogen-bond acceptors (Lipinski definition) is 2. The zero-order valence-electron chi connectivity index (χ0n) is 18.8. The number of fused-ring (bicyclic) bond motifs is 5. The predicted molar refractivity (Wildman–Crippen MR) is 115 cm³/mol. The Morgan fingerprint density at radius 3 is 2.41 bits per heavy atom. The lowest BCUT2D eigenvalue weighted by atomic mass is 9.55. The van der Waals surface area contributed by atoms with E-state index >= 15 is 0 Å². The second-order valence-electron chi connectivity index (χ2n) is 11.2. The topological polar surface area (TPSA) is 29.5 Å². The molecule has 0 spiro atoms. The highest BCUT2D eigenvalue weighted by Crippen LogP contribution is 2.63. The van der Waals surface area contributed by atoms with Gasteiger partial charge in [-0.25, -0.2) is 0 Å². The monoisotopic (exact) mass is 391 g/mol. The quantitative estimate of drug-likeness (QED) is 0.458. The lowest BCUT2D eigenvalue weighted by Gasteiger charge is -2.54. The summed E-state index contributed by atoms with van der Waals surface area (Å²) in [6.07, 6.45) is 10.7. The van der Waals surface area contributed by atoms with Crippen LogP contribution >= 0.6 is 0 Å². The van der Waals surface area contributed by atoms with Crippen LogP contribution in [0.15, 0.2) is 12.2 Å². The Balaban J connectivity index is 1.89. The Morgan fingerprint density at radius 2 is 1.85 bits per heavy atom. The number of allylic oxidation sites excluding steroid dienone is 2. The molecule has 3 aliphatic carbocycles. The van der Waals surface area contributed by atoms with E-state index in [9.17, 15) is 4.79 Å². The number of rotatable bonds is 5. The molecule has 2 saturated carbocycles. The molecule has 0 aliphatic heterocycles. The van der Waals surface area contributed by atoms with Gasteiger partial charge in [-0.05, 0) is 72.9 Å². The molecule has 2 bridgehead atoms. The Hall–Kier alpha value is -0.613. The Kier molecular flexibility index (Phi) is 5.48. The largest absolute Gasteiger partial charge is 0.414 e. The number of carbonyl (C=O) groups excluding carboxylic acids is 1. The van der Waals surface area contributed by atoms with Crippen LogP contribution in [0.1, 0.15) is 59.8 Å². The van der Waals surface area contributed by atoms with Crippen molar-refractivity contribution in [3.05, 3.63) is 12.2 Å². The van der Waals surface area contributed by atoms with Crippen molar-refractivity contribution >= 4 is 14.2 Å². The minimum absolute atomic E-state index is 0.156. The third-order valence-corrected chi connectivity index (χ3v) is 13.0. The third-order valence-electron chi connectivity index (χ3n) is 8.54. The maximum atomic E-state index is 12.7. The Morgan fingerprint density at radius 1 is 1.22 bits per heavy atom. The highest BCUT2D eigenvalue weighted by atomic mass is 28.4. The van der Waals surface area contributed by atoms with Gasteiger partial charge in [0.25, 0.3) is 0 Å². The normalized spacial score (nSPS) is 38.1. The summed E-state index contributed by atoms with van der Waals surface area (Å²) in [5.74, 6) is 2.84. The van der Waals surface area contributed by atoms with Crippen molar-refractivity contribution in [2.45, 2.75) is 84.0 Å². The van der Waals surface area contributed by atoms with Gasteiger partial charge < -0.3 is 9.33 Å². The van der Waals surface area contributed by atoms with Crippen molar-refractivity contribution in [3.63, 3.8) is 0 Å². The van der Waals surface area contributed by atoms with Crippen LogP contribution in [0.3, 0.4) is 0 Å². The Labute approximate surface area is 168 Å². The van der Waals surface area contributed by atoms with Gasteiger partial charge in [-0.15, -0.1) is 0 Å². The number of hydrogen-bond donors (Lipinski definition) is 0. The summed E-state index contributed by atoms with van der Waals surface area (Å²) in [6.45, 7) is 14.1. The fourth-order valence-electron chi connectivity index (χ4n) is 5.91. The summed E-state index contributed by atoms with van der Waals surface area (Å²) in [4.78, 5) is 14.5. The van der Waals surface area contributed by atoms with E-state index in [1.807, 2.05) is 14.1 Å². The molecule has 0 aromatic heterocycles. The molecular formula is C23H41NO2Si. The summed E-state index contributed by atoms with van der Waals surface area (Å²) >= 11 is 0. The summed E-state index contributed by atoms with van der Waals surface area (Å²) in [7, 11) is 2.01. The lowest BCUT2D eigenvalue weighted by molar-refractivity contribution is -0.136. The number of amides is 1. The molecule has 3 aliphatic rings. The van der Waals surface area contributed by atoms with Gasteiger partial charge in [-0.3, -0.25) is 4.79 Å². The van der Waals surface area contributed by atoms with Crippen LogP contribution in [0, 0.1) is 29.1 Å². The predicted octanol–water partition coefficient (Wildman–Crippen LogP) is 5.48. The first kappa shape index (κ1) is 21.1. The molecule has 3 rings (SSSR count). The number of nitrogens with zero attached hydrogens (tertiary/aromatic N) is 1. The molecule has 2 fully saturated rings. The third kappa shape index (κ3) is 3.57. The fraction of sp³-hybridized carbons (Fsp3) is 0.870. The molecule has 0 unspecified atom stereocenters. The molecule has 0 aromatic rings. The van der Waals surface area contributed by atoms with Crippen LogP contribution in [0.2, 0.25) is 18.1 Å². The van der Waals surface area contributed by atoms with Crippen molar-refractivity contribution in [1.29, 1.82) is 0 Å². The highest BCUT2D eigenvalue weighted by Gasteiger charge is 2.60. The van der Waals surface area contributed by atoms with Crippen LogP contribution in [-0.2, 0) is 9.22 Å². The second-order valence-corrected chi connectivity index (χ2v) is 15.9. The van der Waals surface area contributed by atoms with Gasteiger partial charge in [-0.2, -0.15) is 0 Å². The van der Waals surface area contributed by atoms with Gasteiger partial charge in [0.1, 0.15) is 0 Å². The molecule has 0 radical (unpaired) electrons. The van der Waals surface area contributed by atoms with Crippen molar-refractivity contribution in [2.24, 2.45) is 29.1 Å². The van der Waals surface area contributed by atoms with Crippen molar-refractivity contribution < 1.29 is 9.22 Å². The summed E-state index contributed by atoms with van der Waals surface area (Å²) in [6, 6.07) is 0. The summed E-state index contributed by atoms with van der Waals surface area (Å²) < 4.78 is 7.01. The fourth-order valence-corrected chi connectivity index (χ4v) is 7.30. The first-order valence-corrected chi connectivity index (χ1v) is 13.9. The van der Waals surface area contributed by atoms with Crippen LogP contribution in [0.4, 0.5) is 0 Å². The molecule has 6 atom stereocenters. The molecule has 1 amide bonds. The van der Waals surface area contributed by atoms with E-state index in [2.05, 4.69) is 52.9 Å². The van der Waals surface area contributed by atoms with Gasteiger partial charge in [0, 0.05) is 26.6 Å². The van der Waals surface area contributed by atoms with Crippen molar-refractivity contribution in [3.8, 4) is 0 Å². The van der Waals surface area contributed by atoms with Crippen LogP contribution in [-0.4, -0.2) is 39.3 Å². The minimum Gasteiger partial charge on any atom is -0.414 e. The van der Waals surface area contributed by atoms with Gasteiger partial charge in [-0.1, -0.05) is 39.8 Å². The van der Waals surface area contributed by atoms with Gasteiger partial charge >= 0.3 is 0 Å². The SMILES string of the molecule is CC[C@@]1(CC(=O)N(C)C)CC[C@@H](O[Si](C)(C)C(C)(C)C)[C@@H]2[C@H]1[C@@H]1C=C[C@H]2C1. The second kappa shape index (κ2) is 7.02. The van der Waals surface area contributed by atoms with E-state index in [1.54, 1.807) is 4.90 Å². The number of carbonyl (C=O) groups is 1. The molecule has 27 heavy (non-hydrogen) atoms. The zero-order chi connectivity index (χ0) is 20.2. The van der Waals surface area contributed by atoms with Crippen LogP contribution in [0.5, 0.6) is 0 Å². The standard InChI is InChI=1S/C23H41NO2Si/c1-9-23(15-19(25)24(5)6)13-12-18(26-27(7,8)22(2,3)4)20-16-10-11-17(14-16)21(20)23/h10-11,16-18,20-21H,9,12-15H2,1-8H3/t16-,17+,18+,20+,21+,23-/m0/s1. The Bertz CT molecular complexity index is 606. The van der Waals surface area contributed by atoms with E-state index < -0.39 is 8.32 Å². The highest BCUT2D eigenvalue weighted by molar-refractivity contribution is 6.74. The summed E-state index contributed by atoms with van der Waals surface area (Å²) in [5.41, 5.74) is 0.156. The van der Waals surface area contributed by atoms with Crippen molar-refractivity contribution in [2.75, 3.05) is 14.1 Å². The van der Waals surface area contributed by atoms with E-state index in [0.717, 1.165) is 19.3 Å². The molecule has 154 valence electrons. The van der Waals surface area contributed by atoms with E-state index in [0.29, 0.717) is 42.1 Å². The van der Waals surface area contributed by atoms with Crippen LogP contribution in [0.25, 0.3) is 0 Å². The average molecular weight is 392 g/mol. The van der Waals surface area contributed by atoms with Crippen molar-refractivity contribution in [1.82, 2.24) is 4.90 Å². The van der Waals surface area contributed by atoms with Gasteiger partial charge in [0.05, 0.1) is 0 Å². The van der Waals surface area contributed by atoms with E-state index in [-0.39, 0.29) is 10.5 Å². The first-order valence-electron chi connectivity index (χ1n) is 11.0. The molecule has 4 heteroatoms. The molecule has 0 N–H and O–H groups in total. The maximum absolute atomic E-state index is 12.7. The average Bonchev–Trinajstić information content (AvgIpc) is 3.17. The first-order chi connectivity index (χ1) is 12.4. The lowest BCUT2D eigenvalue weighted by Crippen LogP contribution is -2.53. The zero-order valence-corrected chi connectivity index (χ0v) is 19.8. The molecule has 0 heterocycles. The van der Waals surface area contributed by atoms with Gasteiger partial charge in [0.15, 0.2) is 8.32 Å². The molecular weight excluding hydrogens is 350 g/mol. The van der Waals surface area contributed by atoms with Gasteiger partial charge in [0.2, 0.25) is 5.91 Å². The minimum atomic E-state index is -1.79. The van der Waals surface area contributed by atoms with Crippen LogP contribution < -0.4 is 0 Å². The summed E-state index contributed by atoms with van der Waals surface area (Å²) in [5, 5.41) is 0.246. The molecule has 0 aromatic carbocycles. The maximum Gasteiger partial charge on any atom is 0.222 e. The van der Waals surface area contributed by atoms with E-state index in [1.165, 1.54) is 6.42 Å².